The third kappa shape index (κ3) is 4.33. The average molecular weight is 527 g/mol. The van der Waals surface area contributed by atoms with E-state index in [1.165, 1.54) is 28.9 Å². The number of rotatable bonds is 6. The van der Waals surface area contributed by atoms with Gasteiger partial charge in [0.15, 0.2) is 17.0 Å². The minimum Gasteiger partial charge on any atom is -0.340 e. The molecular weight excluding hydrogens is 500 g/mol. The lowest BCUT2D eigenvalue weighted by Crippen LogP contribution is -2.40. The van der Waals surface area contributed by atoms with E-state index in [0.717, 1.165) is 29.5 Å². The van der Waals surface area contributed by atoms with Gasteiger partial charge in [0.05, 0.1) is 18.4 Å². The van der Waals surface area contributed by atoms with Crippen LogP contribution in [0.25, 0.3) is 22.6 Å². The van der Waals surface area contributed by atoms with Crippen molar-refractivity contribution in [3.05, 3.63) is 51.8 Å². The van der Waals surface area contributed by atoms with E-state index in [0.29, 0.717) is 17.3 Å². The highest BCUT2D eigenvalue weighted by Crippen LogP contribution is 2.45. The summed E-state index contributed by atoms with van der Waals surface area (Å²) in [6.07, 6.45) is 7.60. The number of fused-ring (bicyclic) bond motifs is 2. The molecule has 1 saturated heterocycles. The number of carbonyl (C=O) groups excluding carboxylic acids is 1. The molecule has 2 aliphatic rings. The Morgan fingerprint density at radius 2 is 1.90 bits per heavy atom. The van der Waals surface area contributed by atoms with Crippen LogP contribution < -0.4 is 21.5 Å². The van der Waals surface area contributed by atoms with Gasteiger partial charge in [0.2, 0.25) is 11.9 Å². The Kier molecular flexibility index (Phi) is 5.94. The molecule has 4 aromatic heterocycles. The first-order valence-corrected chi connectivity index (χ1v) is 12.6. The predicted molar refractivity (Wildman–Crippen MR) is 143 cm³/mol. The van der Waals surface area contributed by atoms with Crippen LogP contribution in [-0.2, 0) is 18.4 Å². The third-order valence-electron chi connectivity index (χ3n) is 7.33. The van der Waals surface area contributed by atoms with Gasteiger partial charge in [-0.15, -0.1) is 5.92 Å². The van der Waals surface area contributed by atoms with Crippen molar-refractivity contribution in [2.24, 2.45) is 18.9 Å². The summed E-state index contributed by atoms with van der Waals surface area (Å²) in [6.45, 7) is 5.21. The molecule has 0 bridgehead atoms. The van der Waals surface area contributed by atoms with E-state index in [4.69, 9.17) is 0 Å². The molecule has 0 spiro atoms. The SMILES string of the molecule is CC#CCn1c(=O)c2c(ncn2C(C)C(=O)Nc2ccnc(-c3cnc(N4CC5CC5C4)nc3)n2)n(C)c1=O. The summed E-state index contributed by atoms with van der Waals surface area (Å²) in [5.74, 6) is 7.92. The number of nitrogens with zero attached hydrogens (tertiary/aromatic N) is 9. The molecule has 1 amide bonds. The van der Waals surface area contributed by atoms with Crippen molar-refractivity contribution in [3.8, 4) is 23.2 Å². The van der Waals surface area contributed by atoms with Gasteiger partial charge in [-0.1, -0.05) is 5.92 Å². The fraction of sp³-hybridized carbons (Fsp3) is 0.385. The van der Waals surface area contributed by atoms with Crippen LogP contribution in [0.1, 0.15) is 26.3 Å². The molecule has 1 saturated carbocycles. The second kappa shape index (κ2) is 9.46. The largest absolute Gasteiger partial charge is 0.340 e. The van der Waals surface area contributed by atoms with Crippen molar-refractivity contribution in [1.82, 2.24) is 38.6 Å². The smallest absolute Gasteiger partial charge is 0.333 e. The van der Waals surface area contributed by atoms with Gasteiger partial charge in [0.25, 0.3) is 5.56 Å². The van der Waals surface area contributed by atoms with Crippen LogP contribution in [0.3, 0.4) is 0 Å². The highest BCUT2D eigenvalue weighted by Gasteiger charge is 2.45. The van der Waals surface area contributed by atoms with Crippen molar-refractivity contribution >= 4 is 28.8 Å². The number of anilines is 2. The number of aromatic nitrogens is 8. The van der Waals surface area contributed by atoms with Crippen molar-refractivity contribution < 1.29 is 4.79 Å². The molecular formula is C26H26N10O3. The quantitative estimate of drug-likeness (QED) is 0.361. The van der Waals surface area contributed by atoms with Crippen LogP contribution in [0.5, 0.6) is 0 Å². The number of amides is 1. The number of piperidine rings is 1. The zero-order valence-electron chi connectivity index (χ0n) is 21.7. The molecule has 1 N–H and O–H groups in total. The van der Waals surface area contributed by atoms with Crippen LogP contribution in [0.4, 0.5) is 11.8 Å². The predicted octanol–water partition coefficient (Wildman–Crippen LogP) is 0.823. The van der Waals surface area contributed by atoms with Gasteiger partial charge in [-0.05, 0) is 38.2 Å². The molecule has 13 heteroatoms. The molecule has 1 aliphatic carbocycles. The average Bonchev–Trinajstić information content (AvgIpc) is 3.33. The van der Waals surface area contributed by atoms with E-state index in [2.05, 4.69) is 47.0 Å². The zero-order valence-corrected chi connectivity index (χ0v) is 21.7. The Hall–Kier alpha value is -4.86. The summed E-state index contributed by atoms with van der Waals surface area (Å²) in [4.78, 5) is 63.1. The maximum absolute atomic E-state index is 13.2. The van der Waals surface area contributed by atoms with Gasteiger partial charge in [0, 0.05) is 38.7 Å². The Labute approximate surface area is 222 Å². The molecule has 0 aromatic carbocycles. The van der Waals surface area contributed by atoms with Gasteiger partial charge in [0.1, 0.15) is 11.9 Å². The molecule has 198 valence electrons. The highest BCUT2D eigenvalue weighted by atomic mass is 16.2. The Morgan fingerprint density at radius 1 is 1.15 bits per heavy atom. The molecule has 39 heavy (non-hydrogen) atoms. The maximum Gasteiger partial charge on any atom is 0.333 e. The number of hydrogen-bond acceptors (Lipinski definition) is 9. The van der Waals surface area contributed by atoms with Crippen LogP contribution >= 0.6 is 0 Å². The van der Waals surface area contributed by atoms with Crippen LogP contribution in [-0.4, -0.2) is 57.6 Å². The van der Waals surface area contributed by atoms with Gasteiger partial charge in [-0.25, -0.2) is 34.3 Å². The molecule has 5 heterocycles. The lowest BCUT2D eigenvalue weighted by molar-refractivity contribution is -0.118. The third-order valence-corrected chi connectivity index (χ3v) is 7.33. The molecule has 0 radical (unpaired) electrons. The number of nitrogens with one attached hydrogen (secondary N) is 1. The summed E-state index contributed by atoms with van der Waals surface area (Å²) >= 11 is 0. The van der Waals surface area contributed by atoms with Gasteiger partial charge < -0.3 is 14.8 Å². The molecule has 2 fully saturated rings. The first-order valence-electron chi connectivity index (χ1n) is 12.6. The summed E-state index contributed by atoms with van der Waals surface area (Å²) in [6, 6.07) is 0.741. The minimum atomic E-state index is -0.835. The minimum absolute atomic E-state index is 0.0584. The van der Waals surface area contributed by atoms with Crippen molar-refractivity contribution in [2.75, 3.05) is 23.3 Å². The molecule has 13 nitrogen and oxygen atoms in total. The van der Waals surface area contributed by atoms with E-state index in [1.807, 2.05) is 0 Å². The highest BCUT2D eigenvalue weighted by molar-refractivity contribution is 5.93. The van der Waals surface area contributed by atoms with Crippen molar-refractivity contribution in [2.45, 2.75) is 32.9 Å². The van der Waals surface area contributed by atoms with Crippen LogP contribution in [0.2, 0.25) is 0 Å². The molecule has 3 unspecified atom stereocenters. The number of carbonyl (C=O) groups is 1. The normalized spacial score (nSPS) is 18.4. The van der Waals surface area contributed by atoms with E-state index < -0.39 is 23.2 Å². The second-order valence-corrected chi connectivity index (χ2v) is 9.85. The first kappa shape index (κ1) is 24.5. The van der Waals surface area contributed by atoms with Crippen LogP contribution in [0, 0.1) is 23.7 Å². The second-order valence-electron chi connectivity index (χ2n) is 9.85. The van der Waals surface area contributed by atoms with Gasteiger partial charge >= 0.3 is 5.69 Å². The topological polar surface area (TPSA) is 146 Å². The molecule has 6 rings (SSSR count). The van der Waals surface area contributed by atoms with Gasteiger partial charge in [-0.3, -0.25) is 14.2 Å². The number of aryl methyl sites for hydroxylation is 1. The summed E-state index contributed by atoms with van der Waals surface area (Å²) < 4.78 is 3.74. The molecule has 4 aromatic rings. The summed E-state index contributed by atoms with van der Waals surface area (Å²) in [5, 5.41) is 2.78. The standard InChI is InChI=1S/C26H26N10O3/c1-4-5-8-35-24(38)20-22(33(3)26(35)39)30-14-36(20)15(2)23(37)32-19-6-7-27-21(31-19)18-10-28-25(29-11-18)34-12-16-9-17(16)13-34/h6-7,10-11,14-17H,8-9,12-13H2,1-3H3,(H,27,31,32,37). The van der Waals surface area contributed by atoms with E-state index in [-0.39, 0.29) is 23.5 Å². The summed E-state index contributed by atoms with van der Waals surface area (Å²) in [7, 11) is 1.52. The van der Waals surface area contributed by atoms with E-state index in [1.54, 1.807) is 38.5 Å². The maximum atomic E-state index is 13.2. The Balaban J connectivity index is 1.23. The van der Waals surface area contributed by atoms with Gasteiger partial charge in [-0.2, -0.15) is 0 Å². The first-order chi connectivity index (χ1) is 18.9. The zero-order chi connectivity index (χ0) is 27.3. The monoisotopic (exact) mass is 526 g/mol. The van der Waals surface area contributed by atoms with Crippen molar-refractivity contribution in [1.29, 1.82) is 0 Å². The Morgan fingerprint density at radius 3 is 2.62 bits per heavy atom. The number of hydrogen-bond donors (Lipinski definition) is 1. The Bertz CT molecular complexity index is 1770. The molecule has 1 aliphatic heterocycles. The molecule has 3 atom stereocenters. The lowest BCUT2D eigenvalue weighted by Gasteiger charge is -2.17. The van der Waals surface area contributed by atoms with E-state index in [9.17, 15) is 14.4 Å². The number of imidazole rings is 1. The lowest BCUT2D eigenvalue weighted by atomic mass is 10.3. The fourth-order valence-corrected chi connectivity index (χ4v) is 4.97. The van der Waals surface area contributed by atoms with Crippen LogP contribution in [0.15, 0.2) is 40.6 Å². The fourth-order valence-electron chi connectivity index (χ4n) is 4.97. The summed E-state index contributed by atoms with van der Waals surface area (Å²) in [5.41, 5.74) is -0.144. The van der Waals surface area contributed by atoms with Crippen molar-refractivity contribution in [3.63, 3.8) is 0 Å². The van der Waals surface area contributed by atoms with E-state index >= 15 is 0 Å².